The standard InChI is InChI=1S/C9H15N3O2/c13-6-9-11-10-7-12(9)5-8-1-3-14-4-2-8/h7-8,13H,1-6H2. The molecule has 1 aromatic rings. The van der Waals surface area contributed by atoms with E-state index in [-0.39, 0.29) is 6.61 Å². The van der Waals surface area contributed by atoms with Gasteiger partial charge in [0.05, 0.1) is 0 Å². The second-order valence-electron chi connectivity index (χ2n) is 3.61. The quantitative estimate of drug-likeness (QED) is 0.751. The third-order valence-electron chi connectivity index (χ3n) is 2.63. The zero-order valence-corrected chi connectivity index (χ0v) is 8.09. The number of aliphatic hydroxyl groups is 1. The van der Waals surface area contributed by atoms with Gasteiger partial charge in [-0.1, -0.05) is 0 Å². The van der Waals surface area contributed by atoms with Gasteiger partial charge in [-0.3, -0.25) is 0 Å². The first-order valence-electron chi connectivity index (χ1n) is 4.95. The number of rotatable bonds is 3. The van der Waals surface area contributed by atoms with Crippen LogP contribution in [-0.4, -0.2) is 33.1 Å². The maximum Gasteiger partial charge on any atom is 0.158 e. The molecular weight excluding hydrogens is 182 g/mol. The highest BCUT2D eigenvalue weighted by molar-refractivity contribution is 4.83. The SMILES string of the molecule is OCc1nncn1CC1CCOCC1. The molecule has 1 aliphatic heterocycles. The molecule has 2 rings (SSSR count). The molecule has 0 bridgehead atoms. The summed E-state index contributed by atoms with van der Waals surface area (Å²) in [7, 11) is 0. The van der Waals surface area contributed by atoms with Crippen LogP contribution in [0.2, 0.25) is 0 Å². The van der Waals surface area contributed by atoms with Gasteiger partial charge in [0.15, 0.2) is 5.82 Å². The zero-order valence-electron chi connectivity index (χ0n) is 8.09. The summed E-state index contributed by atoms with van der Waals surface area (Å²) in [5, 5.41) is 16.6. The Morgan fingerprint density at radius 2 is 2.29 bits per heavy atom. The third kappa shape index (κ3) is 2.10. The highest BCUT2D eigenvalue weighted by Gasteiger charge is 2.15. The second kappa shape index (κ2) is 4.52. The predicted octanol–water partition coefficient (Wildman–Crippen LogP) is 0.197. The van der Waals surface area contributed by atoms with Crippen molar-refractivity contribution in [2.45, 2.75) is 26.0 Å². The lowest BCUT2D eigenvalue weighted by molar-refractivity contribution is 0.0606. The van der Waals surface area contributed by atoms with Gasteiger partial charge < -0.3 is 14.4 Å². The average molecular weight is 197 g/mol. The van der Waals surface area contributed by atoms with Crippen molar-refractivity contribution >= 4 is 0 Å². The normalized spacial score (nSPS) is 18.6. The number of hydrogen-bond donors (Lipinski definition) is 1. The zero-order chi connectivity index (χ0) is 9.80. The van der Waals surface area contributed by atoms with Gasteiger partial charge in [-0.25, -0.2) is 0 Å². The third-order valence-corrected chi connectivity index (χ3v) is 2.63. The Kier molecular flexibility index (Phi) is 3.10. The lowest BCUT2D eigenvalue weighted by Crippen LogP contribution is -2.21. The van der Waals surface area contributed by atoms with Crippen molar-refractivity contribution in [1.29, 1.82) is 0 Å². The molecule has 1 fully saturated rings. The summed E-state index contributed by atoms with van der Waals surface area (Å²) in [4.78, 5) is 0. The first-order valence-corrected chi connectivity index (χ1v) is 4.95. The van der Waals surface area contributed by atoms with Crippen molar-refractivity contribution < 1.29 is 9.84 Å². The molecule has 2 heterocycles. The van der Waals surface area contributed by atoms with Crippen molar-refractivity contribution in [3.63, 3.8) is 0 Å². The molecule has 0 radical (unpaired) electrons. The maximum atomic E-state index is 8.99. The Morgan fingerprint density at radius 1 is 1.50 bits per heavy atom. The van der Waals surface area contributed by atoms with Crippen molar-refractivity contribution in [3.8, 4) is 0 Å². The van der Waals surface area contributed by atoms with E-state index in [1.807, 2.05) is 4.57 Å². The fraction of sp³-hybridized carbons (Fsp3) is 0.778. The van der Waals surface area contributed by atoms with Gasteiger partial charge in [-0.2, -0.15) is 0 Å². The molecule has 1 N–H and O–H groups in total. The summed E-state index contributed by atoms with van der Waals surface area (Å²) < 4.78 is 7.21. The Morgan fingerprint density at radius 3 is 3.00 bits per heavy atom. The van der Waals surface area contributed by atoms with Crippen LogP contribution >= 0.6 is 0 Å². The molecule has 1 aliphatic rings. The molecule has 0 aromatic carbocycles. The Hall–Kier alpha value is -0.940. The average Bonchev–Trinajstić information content (AvgIpc) is 2.67. The van der Waals surface area contributed by atoms with E-state index in [9.17, 15) is 0 Å². The maximum absolute atomic E-state index is 8.99. The van der Waals surface area contributed by atoms with Crippen molar-refractivity contribution in [2.75, 3.05) is 13.2 Å². The van der Waals surface area contributed by atoms with Crippen molar-refractivity contribution in [1.82, 2.24) is 14.8 Å². The van der Waals surface area contributed by atoms with E-state index in [4.69, 9.17) is 9.84 Å². The Bertz CT molecular complexity index is 281. The molecule has 1 saturated heterocycles. The first-order chi connectivity index (χ1) is 6.90. The largest absolute Gasteiger partial charge is 0.388 e. The minimum Gasteiger partial charge on any atom is -0.388 e. The number of aliphatic hydroxyl groups excluding tert-OH is 1. The molecule has 0 unspecified atom stereocenters. The molecule has 78 valence electrons. The number of ether oxygens (including phenoxy) is 1. The molecule has 14 heavy (non-hydrogen) atoms. The Labute approximate surface area is 82.7 Å². The van der Waals surface area contributed by atoms with Crippen LogP contribution in [0.5, 0.6) is 0 Å². The smallest absolute Gasteiger partial charge is 0.158 e. The van der Waals surface area contributed by atoms with Crippen molar-refractivity contribution in [3.05, 3.63) is 12.2 Å². The highest BCUT2D eigenvalue weighted by Crippen LogP contribution is 2.17. The second-order valence-corrected chi connectivity index (χ2v) is 3.61. The fourth-order valence-electron chi connectivity index (χ4n) is 1.76. The van der Waals surface area contributed by atoms with Gasteiger partial charge in [0.2, 0.25) is 0 Å². The van der Waals surface area contributed by atoms with Crippen molar-refractivity contribution in [2.24, 2.45) is 5.92 Å². The summed E-state index contributed by atoms with van der Waals surface area (Å²) in [5.41, 5.74) is 0. The van der Waals surface area contributed by atoms with Crippen LogP contribution in [0.1, 0.15) is 18.7 Å². The van der Waals surface area contributed by atoms with E-state index in [1.165, 1.54) is 0 Å². The minimum atomic E-state index is -0.0385. The monoisotopic (exact) mass is 197 g/mol. The first kappa shape index (κ1) is 9.61. The van der Waals surface area contributed by atoms with Crippen LogP contribution < -0.4 is 0 Å². The minimum absolute atomic E-state index is 0.0385. The van der Waals surface area contributed by atoms with Crippen LogP contribution in [0.4, 0.5) is 0 Å². The van der Waals surface area contributed by atoms with E-state index in [0.29, 0.717) is 11.7 Å². The van der Waals surface area contributed by atoms with Crippen LogP contribution in [0, 0.1) is 5.92 Å². The number of nitrogens with zero attached hydrogens (tertiary/aromatic N) is 3. The van der Waals surface area contributed by atoms with Crippen LogP contribution in [-0.2, 0) is 17.9 Å². The van der Waals surface area contributed by atoms with E-state index in [1.54, 1.807) is 6.33 Å². The van der Waals surface area contributed by atoms with E-state index in [0.717, 1.165) is 32.6 Å². The van der Waals surface area contributed by atoms with Crippen LogP contribution in [0.3, 0.4) is 0 Å². The predicted molar refractivity (Wildman–Crippen MR) is 49.5 cm³/mol. The summed E-state index contributed by atoms with van der Waals surface area (Å²) in [6, 6.07) is 0. The van der Waals surface area contributed by atoms with Gasteiger partial charge in [0.1, 0.15) is 12.9 Å². The molecule has 0 spiro atoms. The summed E-state index contributed by atoms with van der Waals surface area (Å²) in [6.07, 6.45) is 3.85. The van der Waals surface area contributed by atoms with Gasteiger partial charge in [-0.05, 0) is 18.8 Å². The highest BCUT2D eigenvalue weighted by atomic mass is 16.5. The lowest BCUT2D eigenvalue weighted by atomic mass is 10.0. The molecule has 0 saturated carbocycles. The Balaban J connectivity index is 1.95. The molecule has 0 atom stereocenters. The van der Waals surface area contributed by atoms with E-state index >= 15 is 0 Å². The molecule has 5 nitrogen and oxygen atoms in total. The molecule has 5 heteroatoms. The van der Waals surface area contributed by atoms with E-state index < -0.39 is 0 Å². The molecule has 0 aliphatic carbocycles. The van der Waals surface area contributed by atoms with Gasteiger partial charge >= 0.3 is 0 Å². The van der Waals surface area contributed by atoms with Gasteiger partial charge in [-0.15, -0.1) is 10.2 Å². The van der Waals surface area contributed by atoms with Gasteiger partial charge in [0.25, 0.3) is 0 Å². The van der Waals surface area contributed by atoms with Gasteiger partial charge in [0, 0.05) is 19.8 Å². The topological polar surface area (TPSA) is 60.2 Å². The van der Waals surface area contributed by atoms with Crippen LogP contribution in [0.25, 0.3) is 0 Å². The summed E-state index contributed by atoms with van der Waals surface area (Å²) in [5.74, 6) is 1.28. The fourth-order valence-corrected chi connectivity index (χ4v) is 1.76. The summed E-state index contributed by atoms with van der Waals surface area (Å²) >= 11 is 0. The van der Waals surface area contributed by atoms with E-state index in [2.05, 4.69) is 10.2 Å². The summed E-state index contributed by atoms with van der Waals surface area (Å²) in [6.45, 7) is 2.55. The molecule has 1 aromatic heterocycles. The van der Waals surface area contributed by atoms with Crippen LogP contribution in [0.15, 0.2) is 6.33 Å². The molecular formula is C9H15N3O2. The molecule has 0 amide bonds. The number of aromatic nitrogens is 3. The number of hydrogen-bond acceptors (Lipinski definition) is 4. The lowest BCUT2D eigenvalue weighted by Gasteiger charge is -2.22.